The first-order chi connectivity index (χ1) is 13.1. The van der Waals surface area contributed by atoms with Gasteiger partial charge in [-0.05, 0) is 51.5 Å². The van der Waals surface area contributed by atoms with E-state index in [1.54, 1.807) is 4.90 Å². The summed E-state index contributed by atoms with van der Waals surface area (Å²) in [5.74, 6) is -1.73. The van der Waals surface area contributed by atoms with E-state index in [4.69, 9.17) is 9.47 Å². The Bertz CT molecular complexity index is 830. The Balaban J connectivity index is 2.13. The summed E-state index contributed by atoms with van der Waals surface area (Å²) in [6.07, 6.45) is -1.01. The van der Waals surface area contributed by atoms with E-state index >= 15 is 0 Å². The van der Waals surface area contributed by atoms with E-state index in [1.165, 1.54) is 26.2 Å². The van der Waals surface area contributed by atoms with E-state index in [2.05, 4.69) is 0 Å². The molecular formula is C22H26FNO4. The van der Waals surface area contributed by atoms with Gasteiger partial charge in [0.15, 0.2) is 17.7 Å². The summed E-state index contributed by atoms with van der Waals surface area (Å²) < 4.78 is 24.0. The molecule has 0 aromatic heterocycles. The SMILES string of the molecule is COc1ccc(C(=O)O[C@@H](C)C(=O)N(Cc2ccccc2)C(C)(C)C)cc1F. The zero-order valence-corrected chi connectivity index (χ0v) is 16.9. The molecule has 2 rings (SSSR count). The maximum absolute atomic E-state index is 13.8. The third kappa shape index (κ3) is 5.31. The van der Waals surface area contributed by atoms with Crippen molar-refractivity contribution < 1.29 is 23.5 Å². The van der Waals surface area contributed by atoms with Crippen LogP contribution in [-0.2, 0) is 16.1 Å². The van der Waals surface area contributed by atoms with E-state index in [-0.39, 0.29) is 17.2 Å². The second-order valence-electron chi connectivity index (χ2n) is 7.48. The van der Waals surface area contributed by atoms with Crippen molar-refractivity contribution in [3.63, 3.8) is 0 Å². The lowest BCUT2D eigenvalue weighted by Crippen LogP contribution is -2.49. The predicted molar refractivity (Wildman–Crippen MR) is 105 cm³/mol. The molecule has 0 heterocycles. The fourth-order valence-corrected chi connectivity index (χ4v) is 2.70. The molecule has 150 valence electrons. The van der Waals surface area contributed by atoms with Crippen molar-refractivity contribution in [2.24, 2.45) is 0 Å². The second-order valence-corrected chi connectivity index (χ2v) is 7.48. The largest absolute Gasteiger partial charge is 0.494 e. The zero-order chi connectivity index (χ0) is 20.9. The van der Waals surface area contributed by atoms with Crippen LogP contribution in [0.3, 0.4) is 0 Å². The summed E-state index contributed by atoms with van der Waals surface area (Å²) in [5.41, 5.74) is 0.518. The predicted octanol–water partition coefficient (Wildman–Crippen LogP) is 4.21. The minimum atomic E-state index is -1.01. The first kappa shape index (κ1) is 21.4. The van der Waals surface area contributed by atoms with Crippen LogP contribution in [0, 0.1) is 5.82 Å². The maximum atomic E-state index is 13.8. The number of amides is 1. The summed E-state index contributed by atoms with van der Waals surface area (Å²) in [6, 6.07) is 13.4. The number of carbonyl (C=O) groups is 2. The van der Waals surface area contributed by atoms with Gasteiger partial charge in [0.25, 0.3) is 5.91 Å². The van der Waals surface area contributed by atoms with Gasteiger partial charge >= 0.3 is 5.97 Å². The van der Waals surface area contributed by atoms with Crippen molar-refractivity contribution in [1.29, 1.82) is 0 Å². The molecule has 0 aliphatic heterocycles. The van der Waals surface area contributed by atoms with Gasteiger partial charge in [-0.15, -0.1) is 0 Å². The van der Waals surface area contributed by atoms with Crippen LogP contribution in [0.15, 0.2) is 48.5 Å². The monoisotopic (exact) mass is 387 g/mol. The highest BCUT2D eigenvalue weighted by Gasteiger charge is 2.32. The van der Waals surface area contributed by atoms with Gasteiger partial charge in [0, 0.05) is 12.1 Å². The van der Waals surface area contributed by atoms with E-state index in [0.717, 1.165) is 11.6 Å². The summed E-state index contributed by atoms with van der Waals surface area (Å²) in [4.78, 5) is 27.0. The third-order valence-corrected chi connectivity index (χ3v) is 4.28. The Kier molecular flexibility index (Phi) is 6.78. The van der Waals surface area contributed by atoms with Crippen molar-refractivity contribution in [1.82, 2.24) is 4.90 Å². The lowest BCUT2D eigenvalue weighted by atomic mass is 10.0. The molecule has 1 atom stereocenters. The van der Waals surface area contributed by atoms with Crippen molar-refractivity contribution >= 4 is 11.9 Å². The molecule has 2 aromatic rings. The average molecular weight is 387 g/mol. The quantitative estimate of drug-likeness (QED) is 0.697. The van der Waals surface area contributed by atoms with Crippen LogP contribution in [0.1, 0.15) is 43.6 Å². The van der Waals surface area contributed by atoms with Crippen LogP contribution in [-0.4, -0.2) is 35.5 Å². The Morgan fingerprint density at radius 2 is 1.75 bits per heavy atom. The first-order valence-corrected chi connectivity index (χ1v) is 9.03. The molecule has 0 unspecified atom stereocenters. The molecule has 0 saturated heterocycles. The van der Waals surface area contributed by atoms with E-state index in [0.29, 0.717) is 6.54 Å². The fourth-order valence-electron chi connectivity index (χ4n) is 2.70. The third-order valence-electron chi connectivity index (χ3n) is 4.28. The number of nitrogens with zero attached hydrogens (tertiary/aromatic N) is 1. The van der Waals surface area contributed by atoms with Gasteiger partial charge < -0.3 is 14.4 Å². The highest BCUT2D eigenvalue weighted by Crippen LogP contribution is 2.21. The number of ether oxygens (including phenoxy) is 2. The summed E-state index contributed by atoms with van der Waals surface area (Å²) >= 11 is 0. The number of methoxy groups -OCH3 is 1. The molecule has 5 nitrogen and oxygen atoms in total. The van der Waals surface area contributed by atoms with Crippen molar-refractivity contribution in [3.05, 3.63) is 65.5 Å². The lowest BCUT2D eigenvalue weighted by molar-refractivity contribution is -0.145. The van der Waals surface area contributed by atoms with E-state index in [9.17, 15) is 14.0 Å². The van der Waals surface area contributed by atoms with Gasteiger partial charge in [-0.2, -0.15) is 0 Å². The van der Waals surface area contributed by atoms with Crippen LogP contribution in [0.2, 0.25) is 0 Å². The Labute approximate surface area is 165 Å². The molecule has 0 N–H and O–H groups in total. The van der Waals surface area contributed by atoms with Gasteiger partial charge in [0.2, 0.25) is 0 Å². The number of rotatable bonds is 6. The molecule has 6 heteroatoms. The standard InChI is InChI=1S/C22H26FNO4/c1-15(28-21(26)17-11-12-19(27-5)18(23)13-17)20(25)24(22(2,3)4)14-16-9-7-6-8-10-16/h6-13,15H,14H2,1-5H3/t15-/m0/s1. The molecule has 0 bridgehead atoms. The highest BCUT2D eigenvalue weighted by molar-refractivity contribution is 5.92. The highest BCUT2D eigenvalue weighted by atomic mass is 19.1. The Morgan fingerprint density at radius 3 is 2.29 bits per heavy atom. The molecule has 2 aromatic carbocycles. The Hall–Kier alpha value is -2.89. The van der Waals surface area contributed by atoms with Crippen LogP contribution < -0.4 is 4.74 Å². The minimum Gasteiger partial charge on any atom is -0.494 e. The fraction of sp³-hybridized carbons (Fsp3) is 0.364. The molecule has 0 spiro atoms. The number of halogens is 1. The molecule has 0 aliphatic carbocycles. The van der Waals surface area contributed by atoms with Gasteiger partial charge in [-0.1, -0.05) is 30.3 Å². The van der Waals surface area contributed by atoms with Gasteiger partial charge in [0.05, 0.1) is 12.7 Å². The van der Waals surface area contributed by atoms with Crippen LogP contribution >= 0.6 is 0 Å². The number of esters is 1. The Morgan fingerprint density at radius 1 is 1.11 bits per heavy atom. The van der Waals surface area contributed by atoms with Crippen molar-refractivity contribution in [2.75, 3.05) is 7.11 Å². The summed E-state index contributed by atoms with van der Waals surface area (Å²) in [5, 5.41) is 0. The maximum Gasteiger partial charge on any atom is 0.339 e. The van der Waals surface area contributed by atoms with Gasteiger partial charge in [0.1, 0.15) is 0 Å². The lowest BCUT2D eigenvalue weighted by Gasteiger charge is -2.37. The van der Waals surface area contributed by atoms with E-state index in [1.807, 2.05) is 51.1 Å². The average Bonchev–Trinajstić information content (AvgIpc) is 2.65. The van der Waals surface area contributed by atoms with E-state index < -0.39 is 23.4 Å². The normalized spacial score (nSPS) is 12.2. The number of hydrogen-bond donors (Lipinski definition) is 0. The van der Waals surface area contributed by atoms with Crippen molar-refractivity contribution in [3.8, 4) is 5.75 Å². The molecule has 0 saturated carbocycles. The van der Waals surface area contributed by atoms with Gasteiger partial charge in [-0.3, -0.25) is 4.79 Å². The van der Waals surface area contributed by atoms with Crippen LogP contribution in [0.5, 0.6) is 5.75 Å². The smallest absolute Gasteiger partial charge is 0.339 e. The van der Waals surface area contributed by atoms with Crippen LogP contribution in [0.25, 0.3) is 0 Å². The zero-order valence-electron chi connectivity index (χ0n) is 16.9. The number of hydrogen-bond acceptors (Lipinski definition) is 4. The second kappa shape index (κ2) is 8.87. The first-order valence-electron chi connectivity index (χ1n) is 9.03. The number of benzene rings is 2. The van der Waals surface area contributed by atoms with Crippen LogP contribution in [0.4, 0.5) is 4.39 Å². The number of carbonyl (C=O) groups excluding carboxylic acids is 2. The molecule has 1 amide bonds. The molecule has 0 aliphatic rings. The minimum absolute atomic E-state index is 0.0170. The molecular weight excluding hydrogens is 361 g/mol. The summed E-state index contributed by atoms with van der Waals surface area (Å²) in [6.45, 7) is 7.66. The molecule has 0 radical (unpaired) electrons. The molecule has 0 fully saturated rings. The topological polar surface area (TPSA) is 55.8 Å². The van der Waals surface area contributed by atoms with Gasteiger partial charge in [-0.25, -0.2) is 9.18 Å². The van der Waals surface area contributed by atoms with Crippen molar-refractivity contribution in [2.45, 2.75) is 45.9 Å². The molecule has 28 heavy (non-hydrogen) atoms. The summed E-state index contributed by atoms with van der Waals surface area (Å²) in [7, 11) is 1.34.